The molecular formula is C15H22N4O2. The highest BCUT2D eigenvalue weighted by molar-refractivity contribution is 5.43. The number of likely N-dealkylation sites (tertiary alicyclic amines) is 1. The van der Waals surface area contributed by atoms with Crippen LogP contribution >= 0.6 is 0 Å². The van der Waals surface area contributed by atoms with E-state index in [2.05, 4.69) is 21.7 Å². The zero-order valence-corrected chi connectivity index (χ0v) is 12.4. The van der Waals surface area contributed by atoms with Crippen molar-refractivity contribution in [3.8, 4) is 0 Å². The van der Waals surface area contributed by atoms with Gasteiger partial charge in [0.25, 0.3) is 5.69 Å². The van der Waals surface area contributed by atoms with E-state index in [0.29, 0.717) is 6.04 Å². The van der Waals surface area contributed by atoms with Gasteiger partial charge in [-0.15, -0.1) is 0 Å². The summed E-state index contributed by atoms with van der Waals surface area (Å²) in [6.45, 7) is 5.54. The molecule has 2 aliphatic heterocycles. The fourth-order valence-corrected chi connectivity index (χ4v) is 3.60. The van der Waals surface area contributed by atoms with E-state index < -0.39 is 4.92 Å². The Morgan fingerprint density at radius 3 is 2.52 bits per heavy atom. The Morgan fingerprint density at radius 1 is 1.24 bits per heavy atom. The summed E-state index contributed by atoms with van der Waals surface area (Å²) in [5.74, 6) is 0.855. The highest BCUT2D eigenvalue weighted by Gasteiger charge is 2.30. The third-order valence-electron chi connectivity index (χ3n) is 4.80. The number of anilines is 1. The Morgan fingerprint density at radius 2 is 2.00 bits per heavy atom. The molecule has 0 aromatic carbocycles. The number of nitro groups is 1. The first-order valence-corrected chi connectivity index (χ1v) is 7.76. The van der Waals surface area contributed by atoms with Gasteiger partial charge in [-0.25, -0.2) is 4.98 Å². The standard InChI is InChI=1S/C15H22N4O2/c1-12-3-2-8-18(12)13-6-9-17(10-7-13)15-5-4-14(11-16-15)19(20)21/h4-5,11-13H,2-3,6-10H2,1H3. The second kappa shape index (κ2) is 5.97. The van der Waals surface area contributed by atoms with Gasteiger partial charge in [0.1, 0.15) is 12.0 Å². The molecule has 0 saturated carbocycles. The minimum absolute atomic E-state index is 0.0551. The van der Waals surface area contributed by atoms with Crippen LogP contribution in [0.3, 0.4) is 0 Å². The maximum atomic E-state index is 10.7. The van der Waals surface area contributed by atoms with Gasteiger partial charge in [-0.3, -0.25) is 15.0 Å². The number of rotatable bonds is 3. The van der Waals surface area contributed by atoms with Crippen LogP contribution in [0.5, 0.6) is 0 Å². The molecule has 6 nitrogen and oxygen atoms in total. The van der Waals surface area contributed by atoms with Crippen LogP contribution in [-0.2, 0) is 0 Å². The Labute approximate surface area is 124 Å². The summed E-state index contributed by atoms with van der Waals surface area (Å²) >= 11 is 0. The Kier molecular flexibility index (Phi) is 4.05. The van der Waals surface area contributed by atoms with Gasteiger partial charge in [0.05, 0.1) is 4.92 Å². The molecule has 2 fully saturated rings. The molecule has 6 heteroatoms. The smallest absolute Gasteiger partial charge is 0.287 e. The van der Waals surface area contributed by atoms with Crippen molar-refractivity contribution in [1.29, 1.82) is 0 Å². The molecule has 2 saturated heterocycles. The lowest BCUT2D eigenvalue weighted by Crippen LogP contribution is -2.46. The highest BCUT2D eigenvalue weighted by Crippen LogP contribution is 2.27. The number of nitrogens with zero attached hydrogens (tertiary/aromatic N) is 4. The molecule has 0 aliphatic carbocycles. The van der Waals surface area contributed by atoms with E-state index in [4.69, 9.17) is 0 Å². The number of piperidine rings is 1. The fourth-order valence-electron chi connectivity index (χ4n) is 3.60. The molecule has 0 spiro atoms. The fraction of sp³-hybridized carbons (Fsp3) is 0.667. The number of hydrogen-bond donors (Lipinski definition) is 0. The van der Waals surface area contributed by atoms with Crippen LogP contribution in [0.4, 0.5) is 11.5 Å². The average molecular weight is 290 g/mol. The lowest BCUT2D eigenvalue weighted by molar-refractivity contribution is -0.385. The first kappa shape index (κ1) is 14.3. The minimum Gasteiger partial charge on any atom is -0.356 e. The van der Waals surface area contributed by atoms with Crippen molar-refractivity contribution in [3.05, 3.63) is 28.4 Å². The van der Waals surface area contributed by atoms with E-state index in [1.165, 1.54) is 31.6 Å². The molecule has 1 aromatic rings. The summed E-state index contributed by atoms with van der Waals surface area (Å²) in [7, 11) is 0. The molecule has 0 bridgehead atoms. The Hall–Kier alpha value is -1.69. The molecule has 0 radical (unpaired) electrons. The summed E-state index contributed by atoms with van der Waals surface area (Å²) in [4.78, 5) is 19.4. The second-order valence-corrected chi connectivity index (χ2v) is 6.08. The van der Waals surface area contributed by atoms with Crippen LogP contribution in [0.2, 0.25) is 0 Å². The van der Waals surface area contributed by atoms with Crippen LogP contribution in [0, 0.1) is 10.1 Å². The largest absolute Gasteiger partial charge is 0.356 e. The van der Waals surface area contributed by atoms with Crippen molar-refractivity contribution in [3.63, 3.8) is 0 Å². The SMILES string of the molecule is CC1CCCN1C1CCN(c2ccc([N+](=O)[O-])cn2)CC1. The van der Waals surface area contributed by atoms with Gasteiger partial charge in [-0.1, -0.05) is 0 Å². The average Bonchev–Trinajstić information content (AvgIpc) is 2.94. The molecule has 3 heterocycles. The molecule has 21 heavy (non-hydrogen) atoms. The molecule has 0 amide bonds. The lowest BCUT2D eigenvalue weighted by Gasteiger charge is -2.39. The molecular weight excluding hydrogens is 268 g/mol. The van der Waals surface area contributed by atoms with Crippen molar-refractivity contribution in [2.24, 2.45) is 0 Å². The topological polar surface area (TPSA) is 62.5 Å². The van der Waals surface area contributed by atoms with E-state index >= 15 is 0 Å². The van der Waals surface area contributed by atoms with Crippen LogP contribution in [0.1, 0.15) is 32.6 Å². The Balaban J connectivity index is 1.59. The molecule has 1 aromatic heterocycles. The molecule has 1 atom stereocenters. The van der Waals surface area contributed by atoms with Crippen LogP contribution < -0.4 is 4.90 Å². The third kappa shape index (κ3) is 3.00. The summed E-state index contributed by atoms with van der Waals surface area (Å²) < 4.78 is 0. The van der Waals surface area contributed by atoms with E-state index in [-0.39, 0.29) is 5.69 Å². The highest BCUT2D eigenvalue weighted by atomic mass is 16.6. The lowest BCUT2D eigenvalue weighted by atomic mass is 10.0. The van der Waals surface area contributed by atoms with E-state index in [0.717, 1.165) is 37.8 Å². The molecule has 3 rings (SSSR count). The van der Waals surface area contributed by atoms with Crippen molar-refractivity contribution in [2.45, 2.75) is 44.7 Å². The van der Waals surface area contributed by atoms with Crippen molar-refractivity contribution >= 4 is 11.5 Å². The zero-order valence-electron chi connectivity index (χ0n) is 12.4. The molecule has 114 valence electrons. The predicted octanol–water partition coefficient (Wildman–Crippen LogP) is 2.44. The van der Waals surface area contributed by atoms with E-state index in [9.17, 15) is 10.1 Å². The number of hydrogen-bond acceptors (Lipinski definition) is 5. The van der Waals surface area contributed by atoms with Gasteiger partial charge in [0, 0.05) is 31.2 Å². The quantitative estimate of drug-likeness (QED) is 0.632. The van der Waals surface area contributed by atoms with Crippen LogP contribution in [0.15, 0.2) is 18.3 Å². The predicted molar refractivity (Wildman–Crippen MR) is 81.5 cm³/mol. The van der Waals surface area contributed by atoms with Gasteiger partial charge in [-0.05, 0) is 45.2 Å². The molecule has 0 N–H and O–H groups in total. The Bertz CT molecular complexity index is 497. The zero-order chi connectivity index (χ0) is 14.8. The third-order valence-corrected chi connectivity index (χ3v) is 4.80. The first-order valence-electron chi connectivity index (χ1n) is 7.76. The van der Waals surface area contributed by atoms with Gasteiger partial charge < -0.3 is 4.90 Å². The maximum absolute atomic E-state index is 10.7. The number of aromatic nitrogens is 1. The van der Waals surface area contributed by atoms with Gasteiger partial charge in [0.15, 0.2) is 0 Å². The van der Waals surface area contributed by atoms with Gasteiger partial charge in [0.2, 0.25) is 0 Å². The molecule has 1 unspecified atom stereocenters. The normalized spacial score (nSPS) is 24.4. The van der Waals surface area contributed by atoms with Crippen molar-refractivity contribution < 1.29 is 4.92 Å². The minimum atomic E-state index is -0.405. The van der Waals surface area contributed by atoms with Crippen LogP contribution in [0.25, 0.3) is 0 Å². The summed E-state index contributed by atoms with van der Waals surface area (Å²) in [5, 5.41) is 10.7. The summed E-state index contributed by atoms with van der Waals surface area (Å²) in [6.07, 6.45) is 6.31. The van der Waals surface area contributed by atoms with E-state index in [1.807, 2.05) is 0 Å². The van der Waals surface area contributed by atoms with Crippen molar-refractivity contribution in [2.75, 3.05) is 24.5 Å². The first-order chi connectivity index (χ1) is 10.1. The van der Waals surface area contributed by atoms with Crippen molar-refractivity contribution in [1.82, 2.24) is 9.88 Å². The second-order valence-electron chi connectivity index (χ2n) is 6.08. The number of pyridine rings is 1. The monoisotopic (exact) mass is 290 g/mol. The van der Waals surface area contributed by atoms with E-state index in [1.54, 1.807) is 6.07 Å². The summed E-state index contributed by atoms with van der Waals surface area (Å²) in [5.41, 5.74) is 0.0551. The molecule has 2 aliphatic rings. The van der Waals surface area contributed by atoms with Gasteiger partial charge >= 0.3 is 0 Å². The van der Waals surface area contributed by atoms with Crippen LogP contribution in [-0.4, -0.2) is 46.5 Å². The van der Waals surface area contributed by atoms with Gasteiger partial charge in [-0.2, -0.15) is 0 Å². The summed E-state index contributed by atoms with van der Waals surface area (Å²) in [6, 6.07) is 4.71. The maximum Gasteiger partial charge on any atom is 0.287 e.